The van der Waals surface area contributed by atoms with Crippen LogP contribution < -0.4 is 4.74 Å². The van der Waals surface area contributed by atoms with Gasteiger partial charge in [-0.15, -0.1) is 0 Å². The molecule has 1 aliphatic rings. The van der Waals surface area contributed by atoms with Crippen LogP contribution in [-0.2, 0) is 6.54 Å². The molecule has 0 aromatic heterocycles. The van der Waals surface area contributed by atoms with Gasteiger partial charge in [-0.2, -0.15) is 0 Å². The Bertz CT molecular complexity index is 496. The largest absolute Gasteiger partial charge is 0.496 e. The monoisotopic (exact) mass is 294 g/mol. The summed E-state index contributed by atoms with van der Waals surface area (Å²) in [6, 6.07) is 4.69. The third-order valence-electron chi connectivity index (χ3n) is 4.18. The summed E-state index contributed by atoms with van der Waals surface area (Å²) in [5, 5.41) is 20.5. The van der Waals surface area contributed by atoms with Crippen molar-refractivity contribution in [2.45, 2.75) is 32.4 Å². The van der Waals surface area contributed by atoms with Crippen molar-refractivity contribution in [2.75, 3.05) is 20.2 Å². The van der Waals surface area contributed by atoms with E-state index < -0.39 is 0 Å². The van der Waals surface area contributed by atoms with Crippen molar-refractivity contribution in [3.63, 3.8) is 0 Å². The Morgan fingerprint density at radius 1 is 1.48 bits per heavy atom. The first-order valence-corrected chi connectivity index (χ1v) is 7.23. The van der Waals surface area contributed by atoms with E-state index in [1.54, 1.807) is 19.2 Å². The van der Waals surface area contributed by atoms with Crippen LogP contribution in [0.2, 0.25) is 0 Å². The highest BCUT2D eigenvalue weighted by atomic mass is 16.6. The van der Waals surface area contributed by atoms with Crippen molar-refractivity contribution in [2.24, 2.45) is 5.92 Å². The number of ether oxygens (including phenoxy) is 1. The SMILES string of the molecule is COc1ccc([N+](=O)[O-])cc1CN1CCC(C(C)O)CC1. The van der Waals surface area contributed by atoms with Crippen LogP contribution in [0.3, 0.4) is 0 Å². The molecular formula is C15H22N2O4. The van der Waals surface area contributed by atoms with Crippen molar-refractivity contribution in [3.05, 3.63) is 33.9 Å². The van der Waals surface area contributed by atoms with Crippen LogP contribution in [0.5, 0.6) is 5.75 Å². The van der Waals surface area contributed by atoms with E-state index in [0.717, 1.165) is 31.5 Å². The molecule has 116 valence electrons. The normalized spacial score (nSPS) is 18.4. The molecule has 0 spiro atoms. The van der Waals surface area contributed by atoms with E-state index in [9.17, 15) is 15.2 Å². The summed E-state index contributed by atoms with van der Waals surface area (Å²) >= 11 is 0. The summed E-state index contributed by atoms with van der Waals surface area (Å²) in [5.74, 6) is 1.03. The van der Waals surface area contributed by atoms with Gasteiger partial charge in [0.1, 0.15) is 5.75 Å². The average Bonchev–Trinajstić information content (AvgIpc) is 2.47. The fourth-order valence-corrected chi connectivity index (χ4v) is 2.84. The van der Waals surface area contributed by atoms with Gasteiger partial charge in [0, 0.05) is 24.2 Å². The van der Waals surface area contributed by atoms with Gasteiger partial charge in [-0.05, 0) is 44.8 Å². The highest BCUT2D eigenvalue weighted by Gasteiger charge is 2.23. The van der Waals surface area contributed by atoms with Crippen LogP contribution in [0.4, 0.5) is 5.69 Å². The summed E-state index contributed by atoms with van der Waals surface area (Å²) in [6.45, 7) is 4.25. The van der Waals surface area contributed by atoms with Crippen LogP contribution >= 0.6 is 0 Å². The topological polar surface area (TPSA) is 75.8 Å². The minimum atomic E-state index is -0.386. The van der Waals surface area contributed by atoms with Gasteiger partial charge in [-0.25, -0.2) is 0 Å². The van der Waals surface area contributed by atoms with Crippen LogP contribution in [0, 0.1) is 16.0 Å². The van der Waals surface area contributed by atoms with Crippen molar-refractivity contribution in [1.82, 2.24) is 4.90 Å². The van der Waals surface area contributed by atoms with E-state index >= 15 is 0 Å². The van der Waals surface area contributed by atoms with Crippen LogP contribution in [0.25, 0.3) is 0 Å². The summed E-state index contributed by atoms with van der Waals surface area (Å²) in [4.78, 5) is 12.8. The van der Waals surface area contributed by atoms with Gasteiger partial charge in [0.25, 0.3) is 5.69 Å². The zero-order valence-corrected chi connectivity index (χ0v) is 12.5. The summed E-state index contributed by atoms with van der Waals surface area (Å²) in [6.07, 6.45) is 1.64. The molecule has 21 heavy (non-hydrogen) atoms. The molecule has 0 amide bonds. The van der Waals surface area contributed by atoms with Crippen molar-refractivity contribution >= 4 is 5.69 Å². The predicted octanol–water partition coefficient (Wildman–Crippen LogP) is 2.20. The molecule has 6 nitrogen and oxygen atoms in total. The molecular weight excluding hydrogens is 272 g/mol. The lowest BCUT2D eigenvalue weighted by molar-refractivity contribution is -0.385. The molecule has 1 aromatic rings. The number of aliphatic hydroxyl groups is 1. The van der Waals surface area contributed by atoms with Gasteiger partial charge in [-0.1, -0.05) is 0 Å². The lowest BCUT2D eigenvalue weighted by atomic mass is 9.92. The summed E-state index contributed by atoms with van der Waals surface area (Å²) < 4.78 is 5.29. The van der Waals surface area contributed by atoms with Gasteiger partial charge < -0.3 is 9.84 Å². The molecule has 0 radical (unpaired) electrons. The zero-order valence-electron chi connectivity index (χ0n) is 12.5. The number of methoxy groups -OCH3 is 1. The number of nitro groups is 1. The Morgan fingerprint density at radius 2 is 2.14 bits per heavy atom. The second kappa shape index (κ2) is 6.87. The molecule has 6 heteroatoms. The van der Waals surface area contributed by atoms with Gasteiger partial charge in [0.05, 0.1) is 18.1 Å². The number of piperidine rings is 1. The lowest BCUT2D eigenvalue weighted by Crippen LogP contribution is -2.36. The Balaban J connectivity index is 2.05. The second-order valence-corrected chi connectivity index (χ2v) is 5.61. The fraction of sp³-hybridized carbons (Fsp3) is 0.600. The molecule has 1 unspecified atom stereocenters. The molecule has 1 aromatic carbocycles. The summed E-state index contributed by atoms with van der Waals surface area (Å²) in [5.41, 5.74) is 0.923. The van der Waals surface area contributed by atoms with Gasteiger partial charge in [-0.3, -0.25) is 15.0 Å². The van der Waals surface area contributed by atoms with E-state index in [4.69, 9.17) is 4.74 Å². The Morgan fingerprint density at radius 3 is 2.67 bits per heavy atom. The number of non-ortho nitro benzene ring substituents is 1. The third-order valence-corrected chi connectivity index (χ3v) is 4.18. The van der Waals surface area contributed by atoms with E-state index in [1.807, 2.05) is 6.92 Å². The van der Waals surface area contributed by atoms with Crippen molar-refractivity contribution in [1.29, 1.82) is 0 Å². The van der Waals surface area contributed by atoms with E-state index in [0.29, 0.717) is 18.2 Å². The lowest BCUT2D eigenvalue weighted by Gasteiger charge is -2.33. The maximum Gasteiger partial charge on any atom is 0.270 e. The van der Waals surface area contributed by atoms with Crippen molar-refractivity contribution < 1.29 is 14.8 Å². The first-order valence-electron chi connectivity index (χ1n) is 7.23. The molecule has 1 heterocycles. The van der Waals surface area contributed by atoms with E-state index in [2.05, 4.69) is 4.90 Å². The average molecular weight is 294 g/mol. The number of aliphatic hydroxyl groups excluding tert-OH is 1. The first-order chi connectivity index (χ1) is 10.0. The van der Waals surface area contributed by atoms with Gasteiger partial charge in [0.15, 0.2) is 0 Å². The highest BCUT2D eigenvalue weighted by molar-refractivity contribution is 5.43. The highest BCUT2D eigenvalue weighted by Crippen LogP contribution is 2.27. The van der Waals surface area contributed by atoms with Crippen LogP contribution in [0.15, 0.2) is 18.2 Å². The van der Waals surface area contributed by atoms with E-state index in [1.165, 1.54) is 6.07 Å². The molecule has 2 rings (SSSR count). The van der Waals surface area contributed by atoms with Crippen molar-refractivity contribution in [3.8, 4) is 5.75 Å². The Labute approximate surface area is 124 Å². The molecule has 0 saturated carbocycles. The third kappa shape index (κ3) is 3.92. The first kappa shape index (κ1) is 15.7. The minimum absolute atomic E-state index is 0.0877. The van der Waals surface area contributed by atoms with E-state index in [-0.39, 0.29) is 16.7 Å². The molecule has 1 N–H and O–H groups in total. The van der Waals surface area contributed by atoms with Crippen LogP contribution in [0.1, 0.15) is 25.3 Å². The number of hydrogen-bond acceptors (Lipinski definition) is 5. The number of likely N-dealkylation sites (tertiary alicyclic amines) is 1. The van der Waals surface area contributed by atoms with Gasteiger partial charge in [0.2, 0.25) is 0 Å². The Kier molecular flexibility index (Phi) is 5.14. The number of hydrogen-bond donors (Lipinski definition) is 1. The smallest absolute Gasteiger partial charge is 0.270 e. The number of rotatable bonds is 5. The quantitative estimate of drug-likeness (QED) is 0.665. The number of nitro benzene ring substituents is 1. The Hall–Kier alpha value is -1.66. The second-order valence-electron chi connectivity index (χ2n) is 5.61. The van der Waals surface area contributed by atoms with Crippen LogP contribution in [-0.4, -0.2) is 41.2 Å². The van der Waals surface area contributed by atoms with Gasteiger partial charge >= 0.3 is 0 Å². The molecule has 1 fully saturated rings. The molecule has 1 atom stereocenters. The number of nitrogens with zero attached hydrogens (tertiary/aromatic N) is 2. The number of benzene rings is 1. The fourth-order valence-electron chi connectivity index (χ4n) is 2.84. The standard InChI is InChI=1S/C15H22N2O4/c1-11(18)12-5-7-16(8-6-12)10-13-9-14(17(19)20)3-4-15(13)21-2/h3-4,9,11-12,18H,5-8,10H2,1-2H3. The summed E-state index contributed by atoms with van der Waals surface area (Å²) in [7, 11) is 1.57. The molecule has 0 aliphatic carbocycles. The molecule has 0 bridgehead atoms. The zero-order chi connectivity index (χ0) is 15.4. The predicted molar refractivity (Wildman–Crippen MR) is 79.3 cm³/mol. The maximum absolute atomic E-state index is 10.9. The minimum Gasteiger partial charge on any atom is -0.496 e. The molecule has 1 aliphatic heterocycles. The maximum atomic E-state index is 10.9. The molecule has 1 saturated heterocycles.